The third kappa shape index (κ3) is 3.20. The van der Waals surface area contributed by atoms with Crippen molar-refractivity contribution in [3.05, 3.63) is 23.8 Å². The Kier molecular flexibility index (Phi) is 4.41. The summed E-state index contributed by atoms with van der Waals surface area (Å²) in [6.45, 7) is 2.58. The number of hydrogen-bond donors (Lipinski definition) is 2. The Bertz CT molecular complexity index is 788. The molecule has 0 unspecified atom stereocenters. The molecule has 0 bridgehead atoms. The molecule has 2 fully saturated rings. The number of nitrogens with zero attached hydrogens (tertiary/aromatic N) is 1. The lowest BCUT2D eigenvalue weighted by Gasteiger charge is -2.22. The number of ether oxygens (including phenoxy) is 2. The Morgan fingerprint density at radius 2 is 1.93 bits per heavy atom. The van der Waals surface area contributed by atoms with Gasteiger partial charge in [-0.15, -0.1) is 0 Å². The zero-order valence-electron chi connectivity index (χ0n) is 15.2. The summed E-state index contributed by atoms with van der Waals surface area (Å²) in [5.74, 6) is 0.671. The number of imide groups is 1. The highest BCUT2D eigenvalue weighted by molar-refractivity contribution is 6.09. The van der Waals surface area contributed by atoms with Gasteiger partial charge in [0.15, 0.2) is 11.5 Å². The Morgan fingerprint density at radius 3 is 2.67 bits per heavy atom. The van der Waals surface area contributed by atoms with Gasteiger partial charge in [-0.05, 0) is 37.5 Å². The minimum absolute atomic E-state index is 0.276. The van der Waals surface area contributed by atoms with E-state index in [4.69, 9.17) is 9.47 Å². The molecule has 3 aliphatic rings. The SMILES string of the molecule is C[C@H](NC(=O)CN1C(=O)NC2(CCCC2)C1=O)c1ccc2c(c1)OCCO2. The highest BCUT2D eigenvalue weighted by atomic mass is 16.6. The smallest absolute Gasteiger partial charge is 0.325 e. The highest BCUT2D eigenvalue weighted by Crippen LogP contribution is 2.35. The van der Waals surface area contributed by atoms with Gasteiger partial charge in [-0.3, -0.25) is 14.5 Å². The third-order valence-electron chi connectivity index (χ3n) is 5.45. The maximum atomic E-state index is 12.6. The molecular weight excluding hydrogens is 350 g/mol. The zero-order valence-corrected chi connectivity index (χ0v) is 15.2. The second kappa shape index (κ2) is 6.75. The van der Waals surface area contributed by atoms with E-state index in [1.165, 1.54) is 0 Å². The predicted molar refractivity (Wildman–Crippen MR) is 95.4 cm³/mol. The van der Waals surface area contributed by atoms with E-state index in [1.807, 2.05) is 25.1 Å². The Hall–Kier alpha value is -2.77. The van der Waals surface area contributed by atoms with E-state index in [0.717, 1.165) is 23.3 Å². The Balaban J connectivity index is 1.39. The normalized spacial score (nSPS) is 21.3. The van der Waals surface area contributed by atoms with Gasteiger partial charge in [0.2, 0.25) is 5.91 Å². The number of carbonyl (C=O) groups is 3. The first-order chi connectivity index (χ1) is 13.0. The second-order valence-corrected chi connectivity index (χ2v) is 7.30. The average Bonchev–Trinajstić information content (AvgIpc) is 3.22. The number of rotatable bonds is 4. The van der Waals surface area contributed by atoms with Crippen LogP contribution in [0.5, 0.6) is 11.5 Å². The lowest BCUT2D eigenvalue weighted by Crippen LogP contribution is -2.45. The van der Waals surface area contributed by atoms with Gasteiger partial charge in [-0.2, -0.15) is 0 Å². The van der Waals surface area contributed by atoms with Gasteiger partial charge >= 0.3 is 6.03 Å². The second-order valence-electron chi connectivity index (χ2n) is 7.30. The first kappa shape index (κ1) is 17.6. The van der Waals surface area contributed by atoms with E-state index in [2.05, 4.69) is 10.6 Å². The number of urea groups is 1. The van der Waals surface area contributed by atoms with Crippen LogP contribution in [-0.4, -0.2) is 48.0 Å². The lowest BCUT2D eigenvalue weighted by molar-refractivity contribution is -0.135. The molecule has 1 aliphatic carbocycles. The summed E-state index contributed by atoms with van der Waals surface area (Å²) in [5, 5.41) is 5.62. The summed E-state index contributed by atoms with van der Waals surface area (Å²) < 4.78 is 11.1. The summed E-state index contributed by atoms with van der Waals surface area (Å²) >= 11 is 0. The van der Waals surface area contributed by atoms with Crippen molar-refractivity contribution in [1.29, 1.82) is 0 Å². The van der Waals surface area contributed by atoms with Crippen LogP contribution in [0, 0.1) is 0 Å². The largest absolute Gasteiger partial charge is 0.486 e. The molecule has 8 nitrogen and oxygen atoms in total. The monoisotopic (exact) mass is 373 g/mol. The molecule has 1 atom stereocenters. The van der Waals surface area contributed by atoms with Gasteiger partial charge in [0.05, 0.1) is 6.04 Å². The molecule has 1 saturated carbocycles. The van der Waals surface area contributed by atoms with E-state index in [0.29, 0.717) is 37.6 Å². The molecule has 4 rings (SSSR count). The molecule has 1 aromatic carbocycles. The molecule has 1 aromatic rings. The molecule has 2 N–H and O–H groups in total. The molecule has 2 heterocycles. The van der Waals surface area contributed by atoms with Crippen molar-refractivity contribution in [2.45, 2.75) is 44.2 Å². The van der Waals surface area contributed by atoms with E-state index >= 15 is 0 Å². The van der Waals surface area contributed by atoms with E-state index in [1.54, 1.807) is 0 Å². The van der Waals surface area contributed by atoms with Gasteiger partial charge in [-0.1, -0.05) is 18.9 Å². The topological polar surface area (TPSA) is 97.0 Å². The van der Waals surface area contributed by atoms with Crippen molar-refractivity contribution < 1.29 is 23.9 Å². The Morgan fingerprint density at radius 1 is 1.22 bits per heavy atom. The van der Waals surface area contributed by atoms with Crippen LogP contribution in [0.25, 0.3) is 0 Å². The number of benzene rings is 1. The summed E-state index contributed by atoms with van der Waals surface area (Å²) in [7, 11) is 0. The van der Waals surface area contributed by atoms with Crippen LogP contribution in [-0.2, 0) is 9.59 Å². The Labute approximate surface area is 157 Å². The molecule has 27 heavy (non-hydrogen) atoms. The third-order valence-corrected chi connectivity index (χ3v) is 5.45. The van der Waals surface area contributed by atoms with Crippen molar-refractivity contribution >= 4 is 17.8 Å². The number of hydrogen-bond acceptors (Lipinski definition) is 5. The zero-order chi connectivity index (χ0) is 19.0. The van der Waals surface area contributed by atoms with Gasteiger partial charge in [0.1, 0.15) is 25.3 Å². The van der Waals surface area contributed by atoms with Crippen LogP contribution in [0.1, 0.15) is 44.2 Å². The van der Waals surface area contributed by atoms with Crippen LogP contribution in [0.4, 0.5) is 4.79 Å². The fourth-order valence-corrected chi connectivity index (χ4v) is 3.98. The molecule has 2 aliphatic heterocycles. The highest BCUT2D eigenvalue weighted by Gasteiger charge is 2.52. The predicted octanol–water partition coefficient (Wildman–Crippen LogP) is 1.50. The van der Waals surface area contributed by atoms with Crippen LogP contribution < -0.4 is 20.1 Å². The van der Waals surface area contributed by atoms with Crippen LogP contribution in [0.3, 0.4) is 0 Å². The number of carbonyl (C=O) groups excluding carboxylic acids is 3. The fraction of sp³-hybridized carbons (Fsp3) is 0.526. The maximum absolute atomic E-state index is 12.6. The molecule has 4 amide bonds. The molecule has 0 radical (unpaired) electrons. The molecular formula is C19H23N3O5. The minimum atomic E-state index is -0.793. The molecule has 1 saturated heterocycles. The van der Waals surface area contributed by atoms with Crippen LogP contribution in [0.2, 0.25) is 0 Å². The summed E-state index contributed by atoms with van der Waals surface area (Å²) in [6, 6.07) is 4.73. The first-order valence-electron chi connectivity index (χ1n) is 9.31. The quantitative estimate of drug-likeness (QED) is 0.780. The van der Waals surface area contributed by atoms with Crippen molar-refractivity contribution in [2.75, 3.05) is 19.8 Å². The summed E-state index contributed by atoms with van der Waals surface area (Å²) in [6.07, 6.45) is 3.10. The maximum Gasteiger partial charge on any atom is 0.325 e. The summed E-state index contributed by atoms with van der Waals surface area (Å²) in [5.41, 5.74) is 0.0655. The van der Waals surface area contributed by atoms with Gasteiger partial charge in [0, 0.05) is 0 Å². The van der Waals surface area contributed by atoms with Gasteiger partial charge < -0.3 is 20.1 Å². The summed E-state index contributed by atoms with van der Waals surface area (Å²) in [4.78, 5) is 38.3. The molecule has 8 heteroatoms. The number of fused-ring (bicyclic) bond motifs is 1. The van der Waals surface area contributed by atoms with Gasteiger partial charge in [-0.25, -0.2) is 4.79 Å². The van der Waals surface area contributed by atoms with E-state index < -0.39 is 11.6 Å². The number of nitrogens with one attached hydrogen (secondary N) is 2. The van der Waals surface area contributed by atoms with E-state index in [-0.39, 0.29) is 24.4 Å². The minimum Gasteiger partial charge on any atom is -0.486 e. The standard InChI is InChI=1S/C19H23N3O5/c1-12(13-4-5-14-15(10-13)27-9-8-26-14)20-16(23)11-22-17(24)19(21-18(22)25)6-2-3-7-19/h4-5,10,12H,2-3,6-9,11H2,1H3,(H,20,23)(H,21,25)/t12-/m0/s1. The van der Waals surface area contributed by atoms with Crippen molar-refractivity contribution in [3.63, 3.8) is 0 Å². The molecule has 1 spiro atoms. The lowest BCUT2D eigenvalue weighted by atomic mass is 9.98. The van der Waals surface area contributed by atoms with Crippen LogP contribution in [0.15, 0.2) is 18.2 Å². The van der Waals surface area contributed by atoms with Crippen molar-refractivity contribution in [3.8, 4) is 11.5 Å². The van der Waals surface area contributed by atoms with Crippen LogP contribution >= 0.6 is 0 Å². The van der Waals surface area contributed by atoms with Crippen molar-refractivity contribution in [2.24, 2.45) is 0 Å². The van der Waals surface area contributed by atoms with E-state index in [9.17, 15) is 14.4 Å². The molecule has 0 aromatic heterocycles. The fourth-order valence-electron chi connectivity index (χ4n) is 3.98. The van der Waals surface area contributed by atoms with Crippen molar-refractivity contribution in [1.82, 2.24) is 15.5 Å². The number of amides is 4. The van der Waals surface area contributed by atoms with Gasteiger partial charge in [0.25, 0.3) is 5.91 Å². The molecule has 144 valence electrons. The first-order valence-corrected chi connectivity index (χ1v) is 9.31. The average molecular weight is 373 g/mol.